The second-order valence-electron chi connectivity index (χ2n) is 5.38. The molecule has 0 unspecified atom stereocenters. The van der Waals surface area contributed by atoms with E-state index in [-0.39, 0.29) is 5.91 Å². The summed E-state index contributed by atoms with van der Waals surface area (Å²) in [7, 11) is 0. The number of benzene rings is 1. The molecule has 0 aliphatic carbocycles. The topological polar surface area (TPSA) is 59.2 Å². The molecule has 1 amide bonds. The lowest BCUT2D eigenvalue weighted by atomic mass is 10.1. The van der Waals surface area contributed by atoms with E-state index in [2.05, 4.69) is 4.98 Å². The molecule has 2 heterocycles. The number of hydrogen-bond donors (Lipinski definition) is 1. The van der Waals surface area contributed by atoms with E-state index in [1.165, 1.54) is 11.3 Å². The number of pyridine rings is 1. The molecule has 0 bridgehead atoms. The Morgan fingerprint density at radius 3 is 2.46 bits per heavy atom. The van der Waals surface area contributed by atoms with E-state index in [0.717, 1.165) is 21.5 Å². The SMILES string of the molecule is CCN(CC)C(=O)c1sc2nc(-c3ccc(Cl)cc3)ccc2c1N. The van der Waals surface area contributed by atoms with Gasteiger partial charge in [-0.3, -0.25) is 4.79 Å². The average Bonchev–Trinajstić information content (AvgIpc) is 2.93. The van der Waals surface area contributed by atoms with E-state index < -0.39 is 0 Å². The number of halogens is 1. The number of amides is 1. The molecule has 4 nitrogen and oxygen atoms in total. The number of nitrogen functional groups attached to an aromatic ring is 1. The first-order chi connectivity index (χ1) is 11.5. The van der Waals surface area contributed by atoms with Crippen molar-refractivity contribution >= 4 is 44.7 Å². The van der Waals surface area contributed by atoms with E-state index in [1.54, 1.807) is 4.90 Å². The molecule has 6 heteroatoms. The Bertz CT molecular complexity index is 885. The van der Waals surface area contributed by atoms with Gasteiger partial charge in [0.2, 0.25) is 0 Å². The number of anilines is 1. The van der Waals surface area contributed by atoms with E-state index in [0.29, 0.717) is 28.7 Å². The quantitative estimate of drug-likeness (QED) is 0.735. The van der Waals surface area contributed by atoms with Crippen LogP contribution in [0.5, 0.6) is 0 Å². The molecule has 24 heavy (non-hydrogen) atoms. The normalized spacial score (nSPS) is 11.0. The largest absolute Gasteiger partial charge is 0.397 e. The predicted octanol–water partition coefficient (Wildman–Crippen LogP) is 4.68. The van der Waals surface area contributed by atoms with Gasteiger partial charge in [-0.1, -0.05) is 23.7 Å². The summed E-state index contributed by atoms with van der Waals surface area (Å²) in [6, 6.07) is 11.4. The Labute approximate surface area is 149 Å². The van der Waals surface area contributed by atoms with Gasteiger partial charge >= 0.3 is 0 Å². The molecule has 0 fully saturated rings. The van der Waals surface area contributed by atoms with Crippen molar-refractivity contribution in [3.05, 3.63) is 46.3 Å². The number of nitrogens with two attached hydrogens (primary N) is 1. The van der Waals surface area contributed by atoms with E-state index in [1.807, 2.05) is 50.2 Å². The van der Waals surface area contributed by atoms with Crippen molar-refractivity contribution in [2.45, 2.75) is 13.8 Å². The molecule has 0 saturated carbocycles. The Kier molecular flexibility index (Phi) is 4.73. The van der Waals surface area contributed by atoms with Crippen LogP contribution in [0.2, 0.25) is 5.02 Å². The molecular formula is C18H18ClN3OS. The lowest BCUT2D eigenvalue weighted by Crippen LogP contribution is -2.30. The van der Waals surface area contributed by atoms with Crippen LogP contribution in [0, 0.1) is 0 Å². The van der Waals surface area contributed by atoms with Crippen molar-refractivity contribution in [2.75, 3.05) is 18.8 Å². The summed E-state index contributed by atoms with van der Waals surface area (Å²) in [5.41, 5.74) is 8.53. The monoisotopic (exact) mass is 359 g/mol. The van der Waals surface area contributed by atoms with E-state index >= 15 is 0 Å². The third-order valence-corrected chi connectivity index (χ3v) is 5.33. The molecule has 2 aromatic heterocycles. The molecule has 0 aliphatic rings. The van der Waals surface area contributed by atoms with Crippen molar-refractivity contribution in [3.63, 3.8) is 0 Å². The van der Waals surface area contributed by atoms with Gasteiger partial charge in [0.15, 0.2) is 0 Å². The Hall–Kier alpha value is -2.11. The highest BCUT2D eigenvalue weighted by atomic mass is 35.5. The van der Waals surface area contributed by atoms with Crippen LogP contribution >= 0.6 is 22.9 Å². The number of carbonyl (C=O) groups is 1. The molecule has 0 aliphatic heterocycles. The van der Waals surface area contributed by atoms with Crippen LogP contribution in [-0.4, -0.2) is 28.9 Å². The average molecular weight is 360 g/mol. The molecule has 124 valence electrons. The third kappa shape index (κ3) is 2.97. The first kappa shape index (κ1) is 16.7. The molecule has 1 aromatic carbocycles. The zero-order chi connectivity index (χ0) is 17.3. The number of rotatable bonds is 4. The standard InChI is InChI=1S/C18H18ClN3OS/c1-3-22(4-2)18(23)16-15(20)13-9-10-14(21-17(13)24-16)11-5-7-12(19)8-6-11/h5-10H,3-4,20H2,1-2H3. The number of fused-ring (bicyclic) bond motifs is 1. The number of thiophene rings is 1. The molecule has 0 spiro atoms. The third-order valence-electron chi connectivity index (χ3n) is 3.98. The molecule has 0 atom stereocenters. The molecule has 3 aromatic rings. The van der Waals surface area contributed by atoms with Gasteiger partial charge in [0.25, 0.3) is 5.91 Å². The minimum absolute atomic E-state index is 0.0338. The number of hydrogen-bond acceptors (Lipinski definition) is 4. The smallest absolute Gasteiger partial charge is 0.266 e. The van der Waals surface area contributed by atoms with Gasteiger partial charge in [-0.15, -0.1) is 11.3 Å². The first-order valence-electron chi connectivity index (χ1n) is 7.79. The van der Waals surface area contributed by atoms with Gasteiger partial charge in [-0.05, 0) is 38.1 Å². The second kappa shape index (κ2) is 6.79. The number of aromatic nitrogens is 1. The summed E-state index contributed by atoms with van der Waals surface area (Å²) in [6.45, 7) is 5.24. The van der Waals surface area contributed by atoms with Crippen molar-refractivity contribution in [1.82, 2.24) is 9.88 Å². The lowest BCUT2D eigenvalue weighted by Gasteiger charge is -2.17. The lowest BCUT2D eigenvalue weighted by molar-refractivity contribution is 0.0779. The second-order valence-corrected chi connectivity index (χ2v) is 6.81. The molecule has 0 saturated heterocycles. The minimum Gasteiger partial charge on any atom is -0.397 e. The van der Waals surface area contributed by atoms with Gasteiger partial charge in [-0.25, -0.2) is 4.98 Å². The fraction of sp³-hybridized carbons (Fsp3) is 0.222. The fourth-order valence-corrected chi connectivity index (χ4v) is 3.78. The molecule has 3 rings (SSSR count). The summed E-state index contributed by atoms with van der Waals surface area (Å²) >= 11 is 7.28. The highest BCUT2D eigenvalue weighted by Crippen LogP contribution is 2.35. The van der Waals surface area contributed by atoms with Crippen LogP contribution in [0.15, 0.2) is 36.4 Å². The van der Waals surface area contributed by atoms with Crippen molar-refractivity contribution in [1.29, 1.82) is 0 Å². The summed E-state index contributed by atoms with van der Waals surface area (Å²) in [5, 5.41) is 1.51. The maximum Gasteiger partial charge on any atom is 0.266 e. The zero-order valence-corrected chi connectivity index (χ0v) is 15.1. The van der Waals surface area contributed by atoms with Crippen LogP contribution in [0.25, 0.3) is 21.5 Å². The van der Waals surface area contributed by atoms with Gasteiger partial charge in [0.05, 0.1) is 11.4 Å². The van der Waals surface area contributed by atoms with Crippen molar-refractivity contribution in [2.24, 2.45) is 0 Å². The van der Waals surface area contributed by atoms with E-state index in [9.17, 15) is 4.79 Å². The Balaban J connectivity index is 2.05. The Morgan fingerprint density at radius 2 is 1.83 bits per heavy atom. The number of carbonyl (C=O) groups excluding carboxylic acids is 1. The van der Waals surface area contributed by atoms with Gasteiger partial charge in [0, 0.05) is 29.1 Å². The highest BCUT2D eigenvalue weighted by molar-refractivity contribution is 7.21. The van der Waals surface area contributed by atoms with Crippen LogP contribution in [-0.2, 0) is 0 Å². The van der Waals surface area contributed by atoms with Gasteiger partial charge in [0.1, 0.15) is 9.71 Å². The van der Waals surface area contributed by atoms with Crippen LogP contribution in [0.4, 0.5) is 5.69 Å². The molecule has 0 radical (unpaired) electrons. The van der Waals surface area contributed by atoms with Crippen molar-refractivity contribution < 1.29 is 4.79 Å². The Morgan fingerprint density at radius 1 is 1.17 bits per heavy atom. The van der Waals surface area contributed by atoms with Gasteiger partial charge < -0.3 is 10.6 Å². The number of nitrogens with zero attached hydrogens (tertiary/aromatic N) is 2. The predicted molar refractivity (Wildman–Crippen MR) is 102 cm³/mol. The highest BCUT2D eigenvalue weighted by Gasteiger charge is 2.21. The molecule has 2 N–H and O–H groups in total. The van der Waals surface area contributed by atoms with Crippen LogP contribution in [0.3, 0.4) is 0 Å². The van der Waals surface area contributed by atoms with Crippen molar-refractivity contribution in [3.8, 4) is 11.3 Å². The summed E-state index contributed by atoms with van der Waals surface area (Å²) in [5.74, 6) is -0.0338. The van der Waals surface area contributed by atoms with Crippen LogP contribution < -0.4 is 5.73 Å². The van der Waals surface area contributed by atoms with E-state index in [4.69, 9.17) is 17.3 Å². The first-order valence-corrected chi connectivity index (χ1v) is 8.98. The fourth-order valence-electron chi connectivity index (χ4n) is 2.59. The summed E-state index contributed by atoms with van der Waals surface area (Å²) in [6.07, 6.45) is 0. The maximum atomic E-state index is 12.6. The molecular weight excluding hydrogens is 342 g/mol. The van der Waals surface area contributed by atoms with Crippen LogP contribution in [0.1, 0.15) is 23.5 Å². The maximum absolute atomic E-state index is 12.6. The minimum atomic E-state index is -0.0338. The van der Waals surface area contributed by atoms with Gasteiger partial charge in [-0.2, -0.15) is 0 Å². The zero-order valence-electron chi connectivity index (χ0n) is 13.5. The summed E-state index contributed by atoms with van der Waals surface area (Å²) in [4.78, 5) is 20.4. The summed E-state index contributed by atoms with van der Waals surface area (Å²) < 4.78 is 0.